The number of esters is 1. The highest BCUT2D eigenvalue weighted by atomic mass is 16.6. The molecule has 1 atom stereocenters. The fraction of sp³-hybridized carbons (Fsp3) is 0.667. The van der Waals surface area contributed by atoms with Gasteiger partial charge in [0, 0.05) is 0 Å². The van der Waals surface area contributed by atoms with Gasteiger partial charge in [-0.2, -0.15) is 0 Å². The molecule has 0 aliphatic heterocycles. The molecular formula is C9H15NO4. The summed E-state index contributed by atoms with van der Waals surface area (Å²) in [6.45, 7) is 4.89. The first-order chi connectivity index (χ1) is 6.54. The molecule has 0 aliphatic rings. The Kier molecular flexibility index (Phi) is 5.52. The fourth-order valence-electron chi connectivity index (χ4n) is 0.789. The molecule has 0 aromatic carbocycles. The number of hydrogen-bond acceptors (Lipinski definition) is 5. The Hall–Kier alpha value is -1.39. The second kappa shape index (κ2) is 6.12. The first-order valence-electron chi connectivity index (χ1n) is 4.33. The van der Waals surface area contributed by atoms with Crippen molar-refractivity contribution in [1.29, 1.82) is 0 Å². The number of hydrogen-bond donors (Lipinski definition) is 0. The van der Waals surface area contributed by atoms with E-state index in [1.165, 1.54) is 14.0 Å². The van der Waals surface area contributed by atoms with E-state index in [4.69, 9.17) is 4.74 Å². The number of Topliss-reactive ketones (excluding diaryl/α,β-unsaturated/α-hetero) is 1. The Morgan fingerprint density at radius 3 is 2.36 bits per heavy atom. The van der Waals surface area contributed by atoms with Crippen LogP contribution in [0.25, 0.3) is 0 Å². The van der Waals surface area contributed by atoms with Crippen LogP contribution < -0.4 is 0 Å². The molecule has 5 nitrogen and oxygen atoms in total. The van der Waals surface area contributed by atoms with E-state index >= 15 is 0 Å². The minimum atomic E-state index is -0.614. The van der Waals surface area contributed by atoms with Gasteiger partial charge in [0.1, 0.15) is 12.9 Å². The van der Waals surface area contributed by atoms with E-state index < -0.39 is 11.9 Å². The average molecular weight is 201 g/mol. The van der Waals surface area contributed by atoms with Gasteiger partial charge < -0.3 is 9.57 Å². The molecule has 5 heteroatoms. The molecule has 0 bridgehead atoms. The molecule has 0 saturated heterocycles. The zero-order valence-electron chi connectivity index (χ0n) is 8.86. The second-order valence-electron chi connectivity index (χ2n) is 2.71. The molecule has 0 aliphatic carbocycles. The third-order valence-corrected chi connectivity index (χ3v) is 1.69. The van der Waals surface area contributed by atoms with E-state index in [1.54, 1.807) is 13.8 Å². The molecule has 0 radical (unpaired) electrons. The summed E-state index contributed by atoms with van der Waals surface area (Å²) in [6, 6.07) is 0. The second-order valence-corrected chi connectivity index (χ2v) is 2.71. The lowest BCUT2D eigenvalue weighted by Gasteiger charge is -2.09. The zero-order chi connectivity index (χ0) is 11.1. The highest BCUT2D eigenvalue weighted by Gasteiger charge is 2.24. The first-order valence-corrected chi connectivity index (χ1v) is 4.33. The van der Waals surface area contributed by atoms with Crippen LogP contribution in [0.15, 0.2) is 5.16 Å². The van der Waals surface area contributed by atoms with E-state index in [9.17, 15) is 9.59 Å². The molecule has 1 unspecified atom stereocenters. The third-order valence-electron chi connectivity index (χ3n) is 1.69. The molecule has 0 N–H and O–H groups in total. The minimum absolute atomic E-state index is 0.00171. The summed E-state index contributed by atoms with van der Waals surface area (Å²) in [6.07, 6.45) is 0. The molecule has 0 amide bonds. The van der Waals surface area contributed by atoms with Crippen LogP contribution in [0, 0.1) is 5.92 Å². The Morgan fingerprint density at radius 2 is 2.00 bits per heavy atom. The SMILES string of the molecule is CCOC(=O)C(=NOC)C(C)C(C)=O. The minimum Gasteiger partial charge on any atom is -0.461 e. The average Bonchev–Trinajstić information content (AvgIpc) is 2.13. The number of carbonyl (C=O) groups excluding carboxylic acids is 2. The van der Waals surface area contributed by atoms with E-state index in [2.05, 4.69) is 9.99 Å². The number of carbonyl (C=O) groups is 2. The lowest BCUT2D eigenvalue weighted by molar-refractivity contribution is -0.136. The maximum Gasteiger partial charge on any atom is 0.356 e. The van der Waals surface area contributed by atoms with Gasteiger partial charge in [0.05, 0.1) is 12.5 Å². The van der Waals surface area contributed by atoms with Crippen LogP contribution in [0.3, 0.4) is 0 Å². The van der Waals surface area contributed by atoms with Gasteiger partial charge in [-0.05, 0) is 20.8 Å². The van der Waals surface area contributed by atoms with Crippen LogP contribution in [0.5, 0.6) is 0 Å². The van der Waals surface area contributed by atoms with E-state index in [-0.39, 0.29) is 18.1 Å². The monoisotopic (exact) mass is 201 g/mol. The molecule has 0 fully saturated rings. The Balaban J connectivity index is 4.68. The summed E-state index contributed by atoms with van der Waals surface area (Å²) in [4.78, 5) is 26.8. The van der Waals surface area contributed by atoms with Crippen molar-refractivity contribution in [3.63, 3.8) is 0 Å². The van der Waals surface area contributed by atoms with E-state index in [0.29, 0.717) is 0 Å². The van der Waals surface area contributed by atoms with Gasteiger partial charge in [-0.25, -0.2) is 4.79 Å². The maximum atomic E-state index is 11.3. The van der Waals surface area contributed by atoms with Crippen molar-refractivity contribution in [3.05, 3.63) is 0 Å². The molecule has 0 aromatic heterocycles. The summed E-state index contributed by atoms with van der Waals surface area (Å²) in [5, 5.41) is 3.49. The van der Waals surface area contributed by atoms with E-state index in [0.717, 1.165) is 0 Å². The van der Waals surface area contributed by atoms with Crippen molar-refractivity contribution in [2.24, 2.45) is 11.1 Å². The predicted octanol–water partition coefficient (Wildman–Crippen LogP) is 0.777. The Morgan fingerprint density at radius 1 is 1.43 bits per heavy atom. The van der Waals surface area contributed by atoms with Gasteiger partial charge in [-0.15, -0.1) is 0 Å². The van der Waals surface area contributed by atoms with Crippen molar-refractivity contribution in [2.75, 3.05) is 13.7 Å². The lowest BCUT2D eigenvalue weighted by atomic mass is 10.0. The fourth-order valence-corrected chi connectivity index (χ4v) is 0.789. The lowest BCUT2D eigenvalue weighted by Crippen LogP contribution is -2.28. The molecule has 0 aromatic rings. The van der Waals surface area contributed by atoms with Gasteiger partial charge >= 0.3 is 5.97 Å². The maximum absolute atomic E-state index is 11.3. The largest absolute Gasteiger partial charge is 0.461 e. The zero-order valence-corrected chi connectivity index (χ0v) is 8.86. The number of oxime groups is 1. The van der Waals surface area contributed by atoms with Crippen molar-refractivity contribution >= 4 is 17.5 Å². The highest BCUT2D eigenvalue weighted by molar-refractivity contribution is 6.40. The summed E-state index contributed by atoms with van der Waals surface area (Å²) < 4.78 is 4.73. The van der Waals surface area contributed by atoms with Gasteiger partial charge in [-0.3, -0.25) is 4.79 Å². The van der Waals surface area contributed by atoms with Gasteiger partial charge in [0.25, 0.3) is 0 Å². The molecule has 0 spiro atoms. The van der Waals surface area contributed by atoms with Gasteiger partial charge in [-0.1, -0.05) is 5.16 Å². The molecule has 0 saturated carbocycles. The van der Waals surface area contributed by atoms with Crippen molar-refractivity contribution in [1.82, 2.24) is 0 Å². The van der Waals surface area contributed by atoms with Crippen LogP contribution in [-0.2, 0) is 19.2 Å². The third kappa shape index (κ3) is 3.55. The Labute approximate surface area is 83.1 Å². The van der Waals surface area contributed by atoms with Crippen LogP contribution in [0.4, 0.5) is 0 Å². The highest BCUT2D eigenvalue weighted by Crippen LogP contribution is 2.03. The smallest absolute Gasteiger partial charge is 0.356 e. The standard InChI is InChI=1S/C9H15NO4/c1-5-14-9(12)8(10-13-4)6(2)7(3)11/h6H,5H2,1-4H3. The summed E-state index contributed by atoms with van der Waals surface area (Å²) >= 11 is 0. The number of ketones is 1. The van der Waals surface area contributed by atoms with Gasteiger partial charge in [0.15, 0.2) is 5.71 Å². The summed E-state index contributed by atoms with van der Waals surface area (Å²) in [5.74, 6) is -1.38. The van der Waals surface area contributed by atoms with Gasteiger partial charge in [0.2, 0.25) is 0 Å². The van der Waals surface area contributed by atoms with E-state index in [1.807, 2.05) is 0 Å². The van der Waals surface area contributed by atoms with Crippen molar-refractivity contribution < 1.29 is 19.2 Å². The van der Waals surface area contributed by atoms with Crippen molar-refractivity contribution in [2.45, 2.75) is 20.8 Å². The van der Waals surface area contributed by atoms with Crippen LogP contribution in [0.2, 0.25) is 0 Å². The molecule has 0 heterocycles. The van der Waals surface area contributed by atoms with Crippen LogP contribution in [-0.4, -0.2) is 31.2 Å². The predicted molar refractivity (Wildman–Crippen MR) is 50.9 cm³/mol. The number of rotatable bonds is 5. The van der Waals surface area contributed by atoms with Crippen molar-refractivity contribution in [3.8, 4) is 0 Å². The normalized spacial score (nSPS) is 13.3. The van der Waals surface area contributed by atoms with Crippen LogP contribution >= 0.6 is 0 Å². The number of nitrogens with zero attached hydrogens (tertiary/aromatic N) is 1. The number of ether oxygens (including phenoxy) is 1. The summed E-state index contributed by atoms with van der Waals surface area (Å²) in [7, 11) is 1.31. The topological polar surface area (TPSA) is 65.0 Å². The molecular weight excluding hydrogens is 186 g/mol. The summed E-state index contributed by atoms with van der Waals surface area (Å²) in [5.41, 5.74) is 0.00171. The quantitative estimate of drug-likeness (QED) is 0.374. The molecule has 0 rings (SSSR count). The molecule has 80 valence electrons. The van der Waals surface area contributed by atoms with Crippen LogP contribution in [0.1, 0.15) is 20.8 Å². The molecule has 14 heavy (non-hydrogen) atoms. The Bertz CT molecular complexity index is 247. The first kappa shape index (κ1) is 12.6.